The zero-order valence-electron chi connectivity index (χ0n) is 11.5. The first kappa shape index (κ1) is 16.4. The molecule has 0 fully saturated rings. The van der Waals surface area contributed by atoms with Crippen molar-refractivity contribution in [2.24, 2.45) is 0 Å². The number of rotatable bonds is 7. The SMILES string of the molecule is CC(C)NC(=O)C(C)n1c(CO)nnc1SCC(=O)O. The fraction of sp³-hybridized carbons (Fsp3) is 0.636. The van der Waals surface area contributed by atoms with Crippen molar-refractivity contribution in [1.82, 2.24) is 20.1 Å². The number of amides is 1. The van der Waals surface area contributed by atoms with Crippen molar-refractivity contribution < 1.29 is 19.8 Å². The standard InChI is InChI=1S/C11H18N4O4S/c1-6(2)12-10(19)7(3)15-8(4-16)13-14-11(15)20-5-9(17)18/h6-7,16H,4-5H2,1-3H3,(H,12,19)(H,17,18). The van der Waals surface area contributed by atoms with E-state index >= 15 is 0 Å². The first-order chi connectivity index (χ1) is 9.36. The largest absolute Gasteiger partial charge is 0.481 e. The lowest BCUT2D eigenvalue weighted by Gasteiger charge is -2.18. The Hall–Kier alpha value is -1.61. The number of aliphatic hydroxyl groups excluding tert-OH is 1. The summed E-state index contributed by atoms with van der Waals surface area (Å²) in [5.41, 5.74) is 0. The molecule has 1 heterocycles. The molecule has 1 atom stereocenters. The van der Waals surface area contributed by atoms with Gasteiger partial charge in [-0.15, -0.1) is 10.2 Å². The molecule has 0 radical (unpaired) electrons. The quantitative estimate of drug-likeness (QED) is 0.608. The molecule has 0 aliphatic heterocycles. The Morgan fingerprint density at radius 1 is 1.35 bits per heavy atom. The number of nitrogens with zero attached hydrogens (tertiary/aromatic N) is 3. The van der Waals surface area contributed by atoms with Crippen molar-refractivity contribution in [3.05, 3.63) is 5.82 Å². The maximum absolute atomic E-state index is 12.0. The second-order valence-corrected chi connectivity index (χ2v) is 5.39. The second-order valence-electron chi connectivity index (χ2n) is 4.45. The highest BCUT2D eigenvalue weighted by Gasteiger charge is 2.23. The molecular formula is C11H18N4O4S. The molecule has 0 aromatic carbocycles. The molecule has 0 spiro atoms. The van der Waals surface area contributed by atoms with Crippen LogP contribution < -0.4 is 5.32 Å². The van der Waals surface area contributed by atoms with Crippen molar-refractivity contribution in [2.75, 3.05) is 5.75 Å². The van der Waals surface area contributed by atoms with Crippen molar-refractivity contribution in [3.8, 4) is 0 Å². The molecule has 1 unspecified atom stereocenters. The molecule has 0 bridgehead atoms. The maximum atomic E-state index is 12.0. The summed E-state index contributed by atoms with van der Waals surface area (Å²) in [4.78, 5) is 22.6. The van der Waals surface area contributed by atoms with E-state index in [0.717, 1.165) is 11.8 Å². The van der Waals surface area contributed by atoms with Crippen molar-refractivity contribution in [1.29, 1.82) is 0 Å². The number of nitrogens with one attached hydrogen (secondary N) is 1. The number of carboxylic acids is 1. The zero-order chi connectivity index (χ0) is 15.3. The van der Waals surface area contributed by atoms with E-state index in [2.05, 4.69) is 15.5 Å². The average molecular weight is 302 g/mol. The van der Waals surface area contributed by atoms with E-state index in [1.807, 2.05) is 13.8 Å². The zero-order valence-corrected chi connectivity index (χ0v) is 12.3. The molecule has 1 aromatic heterocycles. The Morgan fingerprint density at radius 3 is 2.50 bits per heavy atom. The summed E-state index contributed by atoms with van der Waals surface area (Å²) in [5.74, 6) is -1.20. The van der Waals surface area contributed by atoms with E-state index < -0.39 is 12.0 Å². The van der Waals surface area contributed by atoms with Gasteiger partial charge in [0, 0.05) is 6.04 Å². The molecule has 0 saturated heterocycles. The van der Waals surface area contributed by atoms with Crippen LogP contribution in [0.25, 0.3) is 0 Å². The van der Waals surface area contributed by atoms with Gasteiger partial charge >= 0.3 is 5.97 Å². The van der Waals surface area contributed by atoms with Gasteiger partial charge in [-0.05, 0) is 20.8 Å². The van der Waals surface area contributed by atoms with Gasteiger partial charge in [0.25, 0.3) is 0 Å². The third kappa shape index (κ3) is 4.20. The highest BCUT2D eigenvalue weighted by molar-refractivity contribution is 7.99. The lowest BCUT2D eigenvalue weighted by atomic mass is 10.2. The molecule has 112 valence electrons. The molecule has 1 aromatic rings. The molecule has 0 saturated carbocycles. The fourth-order valence-corrected chi connectivity index (χ4v) is 2.31. The van der Waals surface area contributed by atoms with Gasteiger partial charge in [0.05, 0.1) is 5.75 Å². The molecule has 0 aliphatic rings. The van der Waals surface area contributed by atoms with Crippen LogP contribution in [0, 0.1) is 0 Å². The monoisotopic (exact) mass is 302 g/mol. The molecule has 1 rings (SSSR count). The van der Waals surface area contributed by atoms with Gasteiger partial charge in [-0.3, -0.25) is 14.2 Å². The normalized spacial score (nSPS) is 12.4. The number of aromatic nitrogens is 3. The molecule has 20 heavy (non-hydrogen) atoms. The summed E-state index contributed by atoms with van der Waals surface area (Å²) in [6, 6.07) is -0.653. The summed E-state index contributed by atoms with van der Waals surface area (Å²) in [5, 5.41) is 28.6. The minimum Gasteiger partial charge on any atom is -0.481 e. The van der Waals surface area contributed by atoms with Crippen LogP contribution in [0.2, 0.25) is 0 Å². The van der Waals surface area contributed by atoms with Crippen LogP contribution in [0.4, 0.5) is 0 Å². The van der Waals surface area contributed by atoms with Gasteiger partial charge < -0.3 is 15.5 Å². The van der Waals surface area contributed by atoms with E-state index in [0.29, 0.717) is 5.16 Å². The minimum absolute atomic E-state index is 0.0193. The highest BCUT2D eigenvalue weighted by Crippen LogP contribution is 2.22. The fourth-order valence-electron chi connectivity index (χ4n) is 1.55. The Labute approximate surface area is 120 Å². The number of carbonyl (C=O) groups is 2. The first-order valence-corrected chi connectivity index (χ1v) is 7.05. The van der Waals surface area contributed by atoms with Gasteiger partial charge in [0.15, 0.2) is 11.0 Å². The summed E-state index contributed by atoms with van der Waals surface area (Å²) in [6.45, 7) is 4.94. The van der Waals surface area contributed by atoms with Crippen LogP contribution in [0.3, 0.4) is 0 Å². The Bertz CT molecular complexity index is 489. The van der Waals surface area contributed by atoms with E-state index in [-0.39, 0.29) is 30.1 Å². The number of carboxylic acid groups (broad SMARTS) is 1. The topological polar surface area (TPSA) is 117 Å². The van der Waals surface area contributed by atoms with Gasteiger partial charge in [0.1, 0.15) is 12.6 Å². The van der Waals surface area contributed by atoms with Crippen molar-refractivity contribution in [3.63, 3.8) is 0 Å². The van der Waals surface area contributed by atoms with Crippen LogP contribution in [0.15, 0.2) is 5.16 Å². The Morgan fingerprint density at radius 2 is 2.00 bits per heavy atom. The molecule has 8 nitrogen and oxygen atoms in total. The minimum atomic E-state index is -0.991. The highest BCUT2D eigenvalue weighted by atomic mass is 32.2. The summed E-state index contributed by atoms with van der Waals surface area (Å²) >= 11 is 0.955. The van der Waals surface area contributed by atoms with Crippen molar-refractivity contribution >= 4 is 23.6 Å². The second kappa shape index (κ2) is 7.25. The summed E-state index contributed by atoms with van der Waals surface area (Å²) in [6.07, 6.45) is 0. The number of hydrogen-bond acceptors (Lipinski definition) is 6. The Kier molecular flexibility index (Phi) is 5.96. The third-order valence-corrected chi connectivity index (χ3v) is 3.33. The van der Waals surface area contributed by atoms with E-state index in [1.54, 1.807) is 6.92 Å². The number of carbonyl (C=O) groups excluding carboxylic acids is 1. The van der Waals surface area contributed by atoms with E-state index in [1.165, 1.54) is 4.57 Å². The molecular weight excluding hydrogens is 284 g/mol. The summed E-state index contributed by atoms with van der Waals surface area (Å²) in [7, 11) is 0. The molecule has 9 heteroatoms. The van der Waals surface area contributed by atoms with Crippen LogP contribution >= 0.6 is 11.8 Å². The predicted octanol–water partition coefficient (Wildman–Crippen LogP) is 0.0327. The van der Waals surface area contributed by atoms with E-state index in [9.17, 15) is 14.7 Å². The number of thioether (sulfide) groups is 1. The average Bonchev–Trinajstić information content (AvgIpc) is 2.77. The number of aliphatic hydroxyl groups is 1. The first-order valence-electron chi connectivity index (χ1n) is 6.06. The lowest BCUT2D eigenvalue weighted by molar-refractivity contribution is -0.134. The van der Waals surface area contributed by atoms with Gasteiger partial charge in [0.2, 0.25) is 5.91 Å². The van der Waals surface area contributed by atoms with Crippen LogP contribution in [0.1, 0.15) is 32.6 Å². The Balaban J connectivity index is 2.97. The van der Waals surface area contributed by atoms with E-state index in [4.69, 9.17) is 5.11 Å². The van der Waals surface area contributed by atoms with Crippen LogP contribution in [0.5, 0.6) is 0 Å². The maximum Gasteiger partial charge on any atom is 0.313 e. The van der Waals surface area contributed by atoms with Gasteiger partial charge in [-0.2, -0.15) is 0 Å². The van der Waals surface area contributed by atoms with Crippen LogP contribution in [-0.2, 0) is 16.2 Å². The number of aliphatic carboxylic acids is 1. The lowest BCUT2D eigenvalue weighted by Crippen LogP contribution is -2.36. The van der Waals surface area contributed by atoms with Crippen molar-refractivity contribution in [2.45, 2.75) is 44.6 Å². The molecule has 0 aliphatic carbocycles. The predicted molar refractivity (Wildman–Crippen MR) is 72.3 cm³/mol. The number of hydrogen-bond donors (Lipinski definition) is 3. The third-order valence-electron chi connectivity index (χ3n) is 2.40. The van der Waals surface area contributed by atoms with Gasteiger partial charge in [-0.25, -0.2) is 0 Å². The molecule has 3 N–H and O–H groups in total. The molecule has 1 amide bonds. The van der Waals surface area contributed by atoms with Crippen LogP contribution in [-0.4, -0.2) is 48.6 Å². The smallest absolute Gasteiger partial charge is 0.313 e. The van der Waals surface area contributed by atoms with Gasteiger partial charge in [-0.1, -0.05) is 11.8 Å². The summed E-state index contributed by atoms with van der Waals surface area (Å²) < 4.78 is 1.45.